The highest BCUT2D eigenvalue weighted by Gasteiger charge is 2.53. The van der Waals surface area contributed by atoms with Gasteiger partial charge in [0.2, 0.25) is 0 Å². The predicted molar refractivity (Wildman–Crippen MR) is 85.3 cm³/mol. The molecule has 1 atom stereocenters. The van der Waals surface area contributed by atoms with E-state index in [9.17, 15) is 4.21 Å². The molecule has 3 rings (SSSR count). The fourth-order valence-electron chi connectivity index (χ4n) is 2.79. The number of hydrogen-bond donors (Lipinski definition) is 0. The van der Waals surface area contributed by atoms with Crippen molar-refractivity contribution in [3.05, 3.63) is 0 Å². The lowest BCUT2D eigenvalue weighted by Gasteiger charge is -2.51. The second kappa shape index (κ2) is 6.24. The molecule has 4 heteroatoms. The normalized spacial score (nSPS) is 38.6. The van der Waals surface area contributed by atoms with Crippen LogP contribution in [0.5, 0.6) is 0 Å². The van der Waals surface area contributed by atoms with Crippen molar-refractivity contribution in [2.75, 3.05) is 17.3 Å². The van der Waals surface area contributed by atoms with Gasteiger partial charge in [-0.1, -0.05) is 13.3 Å². The first-order chi connectivity index (χ1) is 8.66. The van der Waals surface area contributed by atoms with Gasteiger partial charge in [0.05, 0.1) is 0 Å². The van der Waals surface area contributed by atoms with Crippen molar-refractivity contribution >= 4 is 34.3 Å². The Kier molecular flexibility index (Phi) is 5.13. The van der Waals surface area contributed by atoms with Crippen LogP contribution >= 0.6 is 23.5 Å². The highest BCUT2D eigenvalue weighted by molar-refractivity contribution is 8.31. The van der Waals surface area contributed by atoms with Gasteiger partial charge in [0.25, 0.3) is 0 Å². The molecule has 0 spiro atoms. The van der Waals surface area contributed by atoms with Crippen LogP contribution in [0.15, 0.2) is 0 Å². The van der Waals surface area contributed by atoms with Gasteiger partial charge in [-0.05, 0) is 25.7 Å². The smallest absolute Gasteiger partial charge is 0.136 e. The minimum Gasteiger partial charge on any atom is -0.257 e. The van der Waals surface area contributed by atoms with Crippen molar-refractivity contribution in [1.82, 2.24) is 0 Å². The summed E-state index contributed by atoms with van der Waals surface area (Å²) in [6.45, 7) is 2.24. The summed E-state index contributed by atoms with van der Waals surface area (Å²) >= 11 is 3.95. The van der Waals surface area contributed by atoms with Crippen LogP contribution in [0, 0.1) is 17.8 Å². The van der Waals surface area contributed by atoms with Gasteiger partial charge in [-0.25, -0.2) is 0 Å². The van der Waals surface area contributed by atoms with Crippen LogP contribution in [0.1, 0.15) is 45.4 Å². The molecule has 3 heterocycles. The van der Waals surface area contributed by atoms with E-state index in [1.807, 2.05) is 23.5 Å². The van der Waals surface area contributed by atoms with E-state index in [1.54, 1.807) is 0 Å². The third kappa shape index (κ3) is 2.94. The first kappa shape index (κ1) is 14.8. The summed E-state index contributed by atoms with van der Waals surface area (Å²) < 4.78 is 12.6. The molecular formula is C14H22OS3. The molecule has 0 aromatic rings. The highest BCUT2D eigenvalue weighted by Crippen LogP contribution is 2.59. The van der Waals surface area contributed by atoms with Gasteiger partial charge >= 0.3 is 0 Å². The van der Waals surface area contributed by atoms with Crippen molar-refractivity contribution in [2.24, 2.45) is 5.41 Å². The van der Waals surface area contributed by atoms with E-state index in [0.717, 1.165) is 31.4 Å². The summed E-state index contributed by atoms with van der Waals surface area (Å²) in [5.41, 5.74) is 0.371. The fourth-order valence-corrected chi connectivity index (χ4v) is 9.44. The minimum absolute atomic E-state index is 0.00406. The van der Waals surface area contributed by atoms with E-state index in [0.29, 0.717) is 5.41 Å². The lowest BCUT2D eigenvalue weighted by molar-refractivity contribution is 0.385. The number of thioether (sulfide) groups is 2. The molecule has 3 fully saturated rings. The molecule has 1 unspecified atom stereocenters. The molecule has 2 bridgehead atoms. The van der Waals surface area contributed by atoms with Crippen LogP contribution in [-0.2, 0) is 10.8 Å². The largest absolute Gasteiger partial charge is 0.257 e. The molecule has 18 heavy (non-hydrogen) atoms. The Morgan fingerprint density at radius 1 is 1.28 bits per heavy atom. The number of terminal acetylenes is 1. The van der Waals surface area contributed by atoms with Crippen LogP contribution in [-0.4, -0.2) is 24.9 Å². The predicted octanol–water partition coefficient (Wildman–Crippen LogP) is 3.86. The zero-order valence-corrected chi connectivity index (χ0v) is 13.5. The van der Waals surface area contributed by atoms with Crippen molar-refractivity contribution in [1.29, 1.82) is 0 Å². The van der Waals surface area contributed by atoms with Crippen LogP contribution in [0.4, 0.5) is 0 Å². The van der Waals surface area contributed by atoms with Crippen LogP contribution in [0.2, 0.25) is 0 Å². The Morgan fingerprint density at radius 2 is 2.00 bits per heavy atom. The quantitative estimate of drug-likeness (QED) is 0.548. The summed E-state index contributed by atoms with van der Waals surface area (Å²) in [5.74, 6) is 6.06. The Morgan fingerprint density at radius 3 is 2.56 bits per heavy atom. The van der Waals surface area contributed by atoms with E-state index >= 15 is 0 Å². The third-order valence-corrected chi connectivity index (χ3v) is 10.9. The molecule has 0 aliphatic carbocycles. The van der Waals surface area contributed by atoms with E-state index in [-0.39, 0.29) is 3.41 Å². The topological polar surface area (TPSA) is 17.1 Å². The molecule has 3 saturated heterocycles. The van der Waals surface area contributed by atoms with Gasteiger partial charge in [-0.2, -0.15) is 0 Å². The van der Waals surface area contributed by atoms with Gasteiger partial charge in [0.15, 0.2) is 0 Å². The zero-order valence-electron chi connectivity index (χ0n) is 11.1. The Bertz CT molecular complexity index is 351. The molecule has 102 valence electrons. The van der Waals surface area contributed by atoms with E-state index in [2.05, 4.69) is 12.8 Å². The van der Waals surface area contributed by atoms with E-state index < -0.39 is 10.8 Å². The van der Waals surface area contributed by atoms with Gasteiger partial charge in [0, 0.05) is 39.9 Å². The monoisotopic (exact) mass is 302 g/mol. The molecule has 3 aliphatic rings. The van der Waals surface area contributed by atoms with Gasteiger partial charge in [-0.3, -0.25) is 4.21 Å². The molecule has 0 saturated carbocycles. The van der Waals surface area contributed by atoms with Gasteiger partial charge in [0.1, 0.15) is 3.41 Å². The standard InChI is InChI=1S/C14H22OS3/c1-3-5-6-7-9-14-16-10-13(8-4-2,11-17-14)12-18(14)15/h1H,4-12H2,2H3. The van der Waals surface area contributed by atoms with Crippen molar-refractivity contribution in [3.63, 3.8) is 0 Å². The molecule has 3 aliphatic heterocycles. The van der Waals surface area contributed by atoms with E-state index in [1.165, 1.54) is 24.3 Å². The Hall–Kier alpha value is 0.410. The van der Waals surface area contributed by atoms with Crippen molar-refractivity contribution < 1.29 is 4.21 Å². The molecule has 0 amide bonds. The minimum atomic E-state index is -0.659. The maximum Gasteiger partial charge on any atom is 0.136 e. The SMILES string of the molecule is C#CCCCCC12SCC(CCC)(CS1)CS2=O. The molecule has 1 nitrogen and oxygen atoms in total. The zero-order chi connectivity index (χ0) is 13.1. The first-order valence-electron chi connectivity index (χ1n) is 6.76. The molecular weight excluding hydrogens is 280 g/mol. The average Bonchev–Trinajstić information content (AvgIpc) is 2.37. The van der Waals surface area contributed by atoms with Crippen LogP contribution in [0.25, 0.3) is 0 Å². The average molecular weight is 303 g/mol. The van der Waals surface area contributed by atoms with Gasteiger partial charge in [-0.15, -0.1) is 35.9 Å². The Labute approximate surface area is 122 Å². The number of rotatable bonds is 6. The van der Waals surface area contributed by atoms with Crippen molar-refractivity contribution in [3.8, 4) is 12.3 Å². The van der Waals surface area contributed by atoms with Crippen LogP contribution < -0.4 is 0 Å². The van der Waals surface area contributed by atoms with Crippen LogP contribution in [0.3, 0.4) is 0 Å². The third-order valence-electron chi connectivity index (χ3n) is 3.82. The number of unbranched alkanes of at least 4 members (excludes halogenated alkanes) is 2. The summed E-state index contributed by atoms with van der Waals surface area (Å²) in [7, 11) is -0.659. The summed E-state index contributed by atoms with van der Waals surface area (Å²) in [5, 5.41) is 0. The lowest BCUT2D eigenvalue weighted by Crippen LogP contribution is -2.51. The summed E-state index contributed by atoms with van der Waals surface area (Å²) in [6, 6.07) is 0. The highest BCUT2D eigenvalue weighted by atomic mass is 32.3. The van der Waals surface area contributed by atoms with Gasteiger partial charge < -0.3 is 0 Å². The second-order valence-corrected chi connectivity index (χ2v) is 10.4. The summed E-state index contributed by atoms with van der Waals surface area (Å²) in [4.78, 5) is 0. The molecule has 0 aromatic carbocycles. The van der Waals surface area contributed by atoms with E-state index in [4.69, 9.17) is 6.42 Å². The summed E-state index contributed by atoms with van der Waals surface area (Å²) in [6.07, 6.45) is 11.9. The molecule has 0 aromatic heterocycles. The number of fused-ring (bicyclic) bond motifs is 3. The second-order valence-electron chi connectivity index (χ2n) is 5.41. The maximum absolute atomic E-state index is 12.6. The Balaban J connectivity index is 1.93. The fraction of sp³-hybridized carbons (Fsp3) is 0.857. The van der Waals surface area contributed by atoms with Crippen molar-refractivity contribution in [2.45, 2.75) is 48.9 Å². The lowest BCUT2D eigenvalue weighted by atomic mass is 9.90. The molecule has 0 N–H and O–H groups in total. The number of hydrogen-bond acceptors (Lipinski definition) is 3. The first-order valence-corrected chi connectivity index (χ1v) is 10.1. The maximum atomic E-state index is 12.6. The molecule has 0 radical (unpaired) electrons.